The predicted molar refractivity (Wildman–Crippen MR) is 93.6 cm³/mol. The van der Waals surface area contributed by atoms with Gasteiger partial charge in [-0.05, 0) is 61.1 Å². The molecular weight excluding hydrogens is 287 g/mol. The van der Waals surface area contributed by atoms with Gasteiger partial charge in [0, 0.05) is 11.1 Å². The molecule has 1 aliphatic carbocycles. The summed E-state index contributed by atoms with van der Waals surface area (Å²) in [5.74, 6) is 0.461. The zero-order chi connectivity index (χ0) is 16.6. The summed E-state index contributed by atoms with van der Waals surface area (Å²) in [6.45, 7) is 7.92. The standard InChI is InChI=1S/C21H21FO/c1-13-5-10-18(20(22)11-13)21-14(2)6-7-16-8-9-17(12-19(16)21)15(3)23-4/h5,8-12H,3,6-7H2,1-2,4H3. The van der Waals surface area contributed by atoms with E-state index in [0.29, 0.717) is 11.3 Å². The molecule has 1 aliphatic rings. The first kappa shape index (κ1) is 15.5. The first-order valence-electron chi connectivity index (χ1n) is 7.84. The summed E-state index contributed by atoms with van der Waals surface area (Å²) >= 11 is 0. The van der Waals surface area contributed by atoms with Crippen LogP contribution in [0.1, 0.15) is 41.2 Å². The highest BCUT2D eigenvalue weighted by Gasteiger charge is 2.21. The third-order valence-corrected chi connectivity index (χ3v) is 4.54. The Morgan fingerprint density at radius 1 is 1.04 bits per heavy atom. The fourth-order valence-corrected chi connectivity index (χ4v) is 3.19. The molecule has 2 heteroatoms. The molecule has 0 amide bonds. The van der Waals surface area contributed by atoms with E-state index in [1.807, 2.05) is 25.1 Å². The van der Waals surface area contributed by atoms with Crippen molar-refractivity contribution in [3.05, 3.63) is 82.2 Å². The van der Waals surface area contributed by atoms with Crippen molar-refractivity contribution in [2.24, 2.45) is 0 Å². The van der Waals surface area contributed by atoms with Gasteiger partial charge in [-0.15, -0.1) is 0 Å². The molecule has 0 radical (unpaired) electrons. The van der Waals surface area contributed by atoms with E-state index in [1.165, 1.54) is 11.1 Å². The van der Waals surface area contributed by atoms with Crippen molar-refractivity contribution in [3.8, 4) is 0 Å². The highest BCUT2D eigenvalue weighted by molar-refractivity contribution is 5.86. The van der Waals surface area contributed by atoms with Crippen molar-refractivity contribution in [1.29, 1.82) is 0 Å². The Balaban J connectivity index is 2.20. The van der Waals surface area contributed by atoms with Crippen LogP contribution in [0.2, 0.25) is 0 Å². The lowest BCUT2D eigenvalue weighted by Gasteiger charge is -2.23. The van der Waals surface area contributed by atoms with E-state index in [1.54, 1.807) is 13.2 Å². The molecule has 2 aromatic rings. The molecule has 0 aliphatic heterocycles. The van der Waals surface area contributed by atoms with Crippen LogP contribution < -0.4 is 0 Å². The molecule has 0 fully saturated rings. The van der Waals surface area contributed by atoms with Crippen LogP contribution in [0, 0.1) is 12.7 Å². The van der Waals surface area contributed by atoms with E-state index in [0.717, 1.165) is 35.1 Å². The molecule has 0 saturated heterocycles. The third kappa shape index (κ3) is 2.81. The Hall–Kier alpha value is -2.35. The van der Waals surface area contributed by atoms with Gasteiger partial charge in [0.2, 0.25) is 0 Å². The Bertz CT molecular complexity index is 815. The minimum atomic E-state index is -0.164. The third-order valence-electron chi connectivity index (χ3n) is 4.54. The van der Waals surface area contributed by atoms with Gasteiger partial charge in [0.1, 0.15) is 11.6 Å². The maximum absolute atomic E-state index is 14.6. The van der Waals surface area contributed by atoms with Crippen LogP contribution in [0.4, 0.5) is 4.39 Å². The molecule has 0 N–H and O–H groups in total. The smallest absolute Gasteiger partial charge is 0.131 e. The molecule has 0 saturated carbocycles. The van der Waals surface area contributed by atoms with Crippen molar-refractivity contribution in [3.63, 3.8) is 0 Å². The summed E-state index contributed by atoms with van der Waals surface area (Å²) in [5, 5.41) is 0. The van der Waals surface area contributed by atoms with Gasteiger partial charge in [-0.3, -0.25) is 0 Å². The SMILES string of the molecule is C=C(OC)c1ccc2c(c1)C(c1ccc(C)cc1F)=C(C)CC2. The lowest BCUT2D eigenvalue weighted by molar-refractivity contribution is 0.371. The fraction of sp³-hybridized carbons (Fsp3) is 0.238. The monoisotopic (exact) mass is 308 g/mol. The molecule has 3 rings (SSSR count). The second kappa shape index (κ2) is 6.04. The lowest BCUT2D eigenvalue weighted by Crippen LogP contribution is -2.07. The van der Waals surface area contributed by atoms with Crippen LogP contribution in [0.5, 0.6) is 0 Å². The molecule has 0 atom stereocenters. The Morgan fingerprint density at radius 3 is 2.52 bits per heavy atom. The lowest BCUT2D eigenvalue weighted by atomic mass is 9.81. The number of ether oxygens (including phenoxy) is 1. The van der Waals surface area contributed by atoms with E-state index in [9.17, 15) is 4.39 Å². The summed E-state index contributed by atoms with van der Waals surface area (Å²) in [5.41, 5.74) is 7.11. The number of allylic oxidation sites excluding steroid dienone is 1. The number of aryl methyl sites for hydroxylation is 2. The molecular formula is C21H21FO. The average Bonchev–Trinajstić information content (AvgIpc) is 2.54. The molecule has 0 aromatic heterocycles. The fourth-order valence-electron chi connectivity index (χ4n) is 3.19. The van der Waals surface area contributed by atoms with Gasteiger partial charge < -0.3 is 4.74 Å². The molecule has 2 aromatic carbocycles. The summed E-state index contributed by atoms with van der Waals surface area (Å²) in [7, 11) is 1.61. The summed E-state index contributed by atoms with van der Waals surface area (Å²) in [6, 6.07) is 11.6. The minimum Gasteiger partial charge on any atom is -0.497 e. The second-order valence-electron chi connectivity index (χ2n) is 6.14. The summed E-state index contributed by atoms with van der Waals surface area (Å²) < 4.78 is 19.8. The van der Waals surface area contributed by atoms with Crippen LogP contribution in [-0.4, -0.2) is 7.11 Å². The van der Waals surface area contributed by atoms with Crippen molar-refractivity contribution in [2.45, 2.75) is 26.7 Å². The van der Waals surface area contributed by atoms with Gasteiger partial charge in [-0.1, -0.05) is 36.4 Å². The first-order valence-corrected chi connectivity index (χ1v) is 7.84. The number of halogens is 1. The summed E-state index contributed by atoms with van der Waals surface area (Å²) in [6.07, 6.45) is 1.94. The van der Waals surface area contributed by atoms with Gasteiger partial charge in [-0.2, -0.15) is 0 Å². The first-order chi connectivity index (χ1) is 11.0. The maximum atomic E-state index is 14.6. The van der Waals surface area contributed by atoms with Crippen molar-refractivity contribution < 1.29 is 9.13 Å². The van der Waals surface area contributed by atoms with Crippen LogP contribution in [-0.2, 0) is 11.2 Å². The normalized spacial score (nSPS) is 13.7. The van der Waals surface area contributed by atoms with Gasteiger partial charge in [0.15, 0.2) is 0 Å². The zero-order valence-corrected chi connectivity index (χ0v) is 13.9. The molecule has 0 heterocycles. The number of methoxy groups -OCH3 is 1. The van der Waals surface area contributed by atoms with Crippen LogP contribution in [0.15, 0.2) is 48.6 Å². The van der Waals surface area contributed by atoms with Gasteiger partial charge in [0.05, 0.1) is 7.11 Å². The number of hydrogen-bond acceptors (Lipinski definition) is 1. The van der Waals surface area contributed by atoms with Crippen LogP contribution >= 0.6 is 0 Å². The van der Waals surface area contributed by atoms with E-state index < -0.39 is 0 Å². The number of rotatable bonds is 3. The molecule has 118 valence electrons. The summed E-state index contributed by atoms with van der Waals surface area (Å²) in [4.78, 5) is 0. The average molecular weight is 308 g/mol. The second-order valence-corrected chi connectivity index (χ2v) is 6.14. The highest BCUT2D eigenvalue weighted by atomic mass is 19.1. The quantitative estimate of drug-likeness (QED) is 0.678. The number of benzene rings is 2. The van der Waals surface area contributed by atoms with E-state index in [2.05, 4.69) is 25.6 Å². The largest absolute Gasteiger partial charge is 0.497 e. The maximum Gasteiger partial charge on any atom is 0.131 e. The molecule has 23 heavy (non-hydrogen) atoms. The van der Waals surface area contributed by atoms with Gasteiger partial charge >= 0.3 is 0 Å². The topological polar surface area (TPSA) is 9.23 Å². The van der Waals surface area contributed by atoms with Crippen LogP contribution in [0.25, 0.3) is 11.3 Å². The van der Waals surface area contributed by atoms with Crippen molar-refractivity contribution in [1.82, 2.24) is 0 Å². The number of hydrogen-bond donors (Lipinski definition) is 0. The van der Waals surface area contributed by atoms with Gasteiger partial charge in [0.25, 0.3) is 0 Å². The van der Waals surface area contributed by atoms with Gasteiger partial charge in [-0.25, -0.2) is 4.39 Å². The van der Waals surface area contributed by atoms with Crippen LogP contribution in [0.3, 0.4) is 0 Å². The van der Waals surface area contributed by atoms with E-state index in [-0.39, 0.29) is 5.82 Å². The zero-order valence-electron chi connectivity index (χ0n) is 13.9. The molecule has 0 spiro atoms. The predicted octanol–water partition coefficient (Wildman–Crippen LogP) is 5.52. The Morgan fingerprint density at radius 2 is 1.83 bits per heavy atom. The molecule has 1 nitrogen and oxygen atoms in total. The molecule has 0 bridgehead atoms. The minimum absolute atomic E-state index is 0.164. The Kier molecular flexibility index (Phi) is 4.08. The van der Waals surface area contributed by atoms with E-state index in [4.69, 9.17) is 4.74 Å². The number of fused-ring (bicyclic) bond motifs is 1. The highest BCUT2D eigenvalue weighted by Crippen LogP contribution is 2.38. The van der Waals surface area contributed by atoms with Crippen molar-refractivity contribution >= 4 is 11.3 Å². The van der Waals surface area contributed by atoms with E-state index >= 15 is 0 Å². The van der Waals surface area contributed by atoms with Crippen molar-refractivity contribution in [2.75, 3.05) is 7.11 Å². The Labute approximate surface area is 137 Å². The molecule has 0 unspecified atom stereocenters.